The van der Waals surface area contributed by atoms with Crippen LogP contribution in [0.15, 0.2) is 66.0 Å². The third-order valence-electron chi connectivity index (χ3n) is 6.19. The van der Waals surface area contributed by atoms with Gasteiger partial charge in [0.15, 0.2) is 6.61 Å². The normalized spacial score (nSPS) is 17.4. The summed E-state index contributed by atoms with van der Waals surface area (Å²) in [5.41, 5.74) is 1.96. The van der Waals surface area contributed by atoms with E-state index in [2.05, 4.69) is 0 Å². The van der Waals surface area contributed by atoms with Crippen LogP contribution in [0.1, 0.15) is 34.9 Å². The van der Waals surface area contributed by atoms with E-state index in [0.717, 1.165) is 30.4 Å². The van der Waals surface area contributed by atoms with Crippen LogP contribution in [-0.2, 0) is 16.0 Å². The molecule has 2 aliphatic rings. The zero-order valence-corrected chi connectivity index (χ0v) is 19.0. The summed E-state index contributed by atoms with van der Waals surface area (Å²) in [6.45, 7) is 0.504. The van der Waals surface area contributed by atoms with Gasteiger partial charge in [-0.05, 0) is 66.1 Å². The minimum Gasteiger partial charge on any atom is -0.484 e. The number of para-hydroxylation sites is 1. The van der Waals surface area contributed by atoms with Gasteiger partial charge in [0.1, 0.15) is 18.1 Å². The number of thiophene rings is 1. The molecule has 7 heteroatoms. The number of rotatable bonds is 7. The minimum atomic E-state index is -0.304. The molecule has 33 heavy (non-hydrogen) atoms. The molecule has 2 heterocycles. The smallest absolute Gasteiger partial charge is 0.261 e. The minimum absolute atomic E-state index is 0.0266. The van der Waals surface area contributed by atoms with Crippen LogP contribution in [0.3, 0.4) is 0 Å². The molecule has 2 amide bonds. The molecule has 0 saturated heterocycles. The van der Waals surface area contributed by atoms with Gasteiger partial charge in [0.25, 0.3) is 5.91 Å². The van der Waals surface area contributed by atoms with E-state index in [4.69, 9.17) is 4.74 Å². The van der Waals surface area contributed by atoms with Crippen molar-refractivity contribution in [2.75, 3.05) is 19.7 Å². The average Bonchev–Trinajstić information content (AvgIpc) is 3.57. The number of carbonyl (C=O) groups excluding carboxylic acids is 2. The monoisotopic (exact) mass is 464 g/mol. The molecule has 5 nitrogen and oxygen atoms in total. The molecule has 2 aromatic carbocycles. The van der Waals surface area contributed by atoms with Gasteiger partial charge in [0.05, 0.1) is 6.04 Å². The van der Waals surface area contributed by atoms with Gasteiger partial charge in [-0.2, -0.15) is 0 Å². The Morgan fingerprint density at radius 3 is 2.55 bits per heavy atom. The number of nitrogens with zero attached hydrogens (tertiary/aromatic N) is 2. The molecule has 0 N–H and O–H groups in total. The summed E-state index contributed by atoms with van der Waals surface area (Å²) in [5.74, 6) is 0.0506. The Labute approximate surface area is 196 Å². The number of carbonyl (C=O) groups is 2. The highest BCUT2D eigenvalue weighted by atomic mass is 32.1. The van der Waals surface area contributed by atoms with Gasteiger partial charge in [-0.15, -0.1) is 11.3 Å². The number of hydrogen-bond donors (Lipinski definition) is 0. The molecule has 3 aromatic rings. The fourth-order valence-corrected chi connectivity index (χ4v) is 5.28. The molecule has 1 aliphatic heterocycles. The Kier molecular flexibility index (Phi) is 6.13. The lowest BCUT2D eigenvalue weighted by molar-refractivity contribution is -0.143. The quantitative estimate of drug-likeness (QED) is 0.520. The van der Waals surface area contributed by atoms with E-state index in [1.54, 1.807) is 40.5 Å². The van der Waals surface area contributed by atoms with E-state index in [0.29, 0.717) is 12.3 Å². The van der Waals surface area contributed by atoms with Gasteiger partial charge < -0.3 is 14.5 Å². The topological polar surface area (TPSA) is 49.9 Å². The molecule has 1 aliphatic carbocycles. The summed E-state index contributed by atoms with van der Waals surface area (Å²) in [4.78, 5) is 31.2. The first kappa shape index (κ1) is 21.6. The van der Waals surface area contributed by atoms with E-state index in [1.165, 1.54) is 17.0 Å². The predicted molar refractivity (Wildman–Crippen MR) is 125 cm³/mol. The summed E-state index contributed by atoms with van der Waals surface area (Å²) < 4.78 is 19.2. The van der Waals surface area contributed by atoms with E-state index in [9.17, 15) is 14.0 Å². The highest BCUT2D eigenvalue weighted by molar-refractivity contribution is 7.10. The van der Waals surface area contributed by atoms with Crippen LogP contribution < -0.4 is 4.74 Å². The summed E-state index contributed by atoms with van der Waals surface area (Å²) >= 11 is 1.69. The van der Waals surface area contributed by atoms with Crippen LogP contribution in [0, 0.1) is 5.82 Å². The first-order valence-electron chi connectivity index (χ1n) is 11.2. The van der Waals surface area contributed by atoms with Gasteiger partial charge in [0, 0.05) is 17.5 Å². The lowest BCUT2D eigenvalue weighted by atomic mass is 9.93. The largest absolute Gasteiger partial charge is 0.484 e. The van der Waals surface area contributed by atoms with Gasteiger partial charge in [-0.25, -0.2) is 4.39 Å². The Bertz CT molecular complexity index is 1130. The van der Waals surface area contributed by atoms with Crippen molar-refractivity contribution in [1.82, 2.24) is 9.80 Å². The maximum Gasteiger partial charge on any atom is 0.261 e. The summed E-state index contributed by atoms with van der Waals surface area (Å²) in [7, 11) is 0. The van der Waals surface area contributed by atoms with Crippen molar-refractivity contribution in [1.29, 1.82) is 0 Å². The Balaban J connectivity index is 1.33. The zero-order valence-electron chi connectivity index (χ0n) is 18.2. The SMILES string of the molecule is O=C(COc1ccccc1)N(CC(=O)N1CCc2sccc2C1c1ccc(F)cc1)C1CC1. The van der Waals surface area contributed by atoms with Crippen molar-refractivity contribution in [2.24, 2.45) is 0 Å². The highest BCUT2D eigenvalue weighted by Gasteiger charge is 2.38. The van der Waals surface area contributed by atoms with Crippen molar-refractivity contribution in [2.45, 2.75) is 31.3 Å². The third-order valence-corrected chi connectivity index (χ3v) is 7.19. The maximum absolute atomic E-state index is 13.6. The number of amides is 2. The summed E-state index contributed by atoms with van der Waals surface area (Å²) in [5, 5.41) is 2.04. The second-order valence-corrected chi connectivity index (χ2v) is 9.45. The van der Waals surface area contributed by atoms with E-state index in [1.807, 2.05) is 34.5 Å². The molecular weight excluding hydrogens is 439 g/mol. The number of halogens is 1. The molecule has 0 bridgehead atoms. The Morgan fingerprint density at radius 1 is 1.06 bits per heavy atom. The summed E-state index contributed by atoms with van der Waals surface area (Å²) in [6, 6.07) is 17.4. The Hall–Kier alpha value is -3.19. The molecule has 170 valence electrons. The number of fused-ring (bicyclic) bond motifs is 1. The fraction of sp³-hybridized carbons (Fsp3) is 0.308. The molecule has 1 atom stereocenters. The number of benzene rings is 2. The van der Waals surface area contributed by atoms with Crippen LogP contribution in [0.5, 0.6) is 5.75 Å². The molecule has 0 radical (unpaired) electrons. The average molecular weight is 465 g/mol. The predicted octanol–water partition coefficient (Wildman–Crippen LogP) is 4.43. The second kappa shape index (κ2) is 9.35. The van der Waals surface area contributed by atoms with E-state index in [-0.39, 0.29) is 42.9 Å². The van der Waals surface area contributed by atoms with E-state index < -0.39 is 0 Å². The van der Waals surface area contributed by atoms with Crippen LogP contribution >= 0.6 is 11.3 Å². The van der Waals surface area contributed by atoms with Gasteiger partial charge >= 0.3 is 0 Å². The lowest BCUT2D eigenvalue weighted by Crippen LogP contribution is -2.48. The third kappa shape index (κ3) is 4.78. The van der Waals surface area contributed by atoms with Gasteiger partial charge in [0.2, 0.25) is 5.91 Å². The van der Waals surface area contributed by atoms with Crippen molar-refractivity contribution in [3.63, 3.8) is 0 Å². The van der Waals surface area contributed by atoms with Crippen LogP contribution in [0.2, 0.25) is 0 Å². The molecule has 1 fully saturated rings. The van der Waals surface area contributed by atoms with E-state index >= 15 is 0 Å². The molecule has 1 unspecified atom stereocenters. The van der Waals surface area contributed by atoms with Gasteiger partial charge in [-0.3, -0.25) is 9.59 Å². The first-order chi connectivity index (χ1) is 16.1. The highest BCUT2D eigenvalue weighted by Crippen LogP contribution is 2.38. The molecule has 1 aromatic heterocycles. The molecular formula is C26H25FN2O3S. The van der Waals surface area contributed by atoms with Crippen LogP contribution in [-0.4, -0.2) is 47.4 Å². The second-order valence-electron chi connectivity index (χ2n) is 8.44. The fourth-order valence-electron chi connectivity index (χ4n) is 4.38. The molecule has 1 saturated carbocycles. The Morgan fingerprint density at radius 2 is 1.82 bits per heavy atom. The van der Waals surface area contributed by atoms with Crippen LogP contribution in [0.25, 0.3) is 0 Å². The van der Waals surface area contributed by atoms with Crippen molar-refractivity contribution in [3.8, 4) is 5.75 Å². The standard InChI is InChI=1S/C26H25FN2O3S/c27-19-8-6-18(7-9-19)26-22-13-15-33-23(22)12-14-28(26)24(30)16-29(20-10-11-20)25(31)17-32-21-4-2-1-3-5-21/h1-9,13,15,20,26H,10-12,14,16-17H2. The number of ether oxygens (including phenoxy) is 1. The maximum atomic E-state index is 13.6. The van der Waals surface area contributed by atoms with Gasteiger partial charge in [-0.1, -0.05) is 30.3 Å². The molecule has 5 rings (SSSR count). The van der Waals surface area contributed by atoms with Crippen molar-refractivity contribution >= 4 is 23.2 Å². The molecule has 0 spiro atoms. The lowest BCUT2D eigenvalue weighted by Gasteiger charge is -2.37. The first-order valence-corrected chi connectivity index (χ1v) is 12.1. The zero-order chi connectivity index (χ0) is 22.8. The number of hydrogen-bond acceptors (Lipinski definition) is 4. The van der Waals surface area contributed by atoms with Crippen molar-refractivity contribution in [3.05, 3.63) is 87.9 Å². The van der Waals surface area contributed by atoms with Crippen LogP contribution in [0.4, 0.5) is 4.39 Å². The summed E-state index contributed by atoms with van der Waals surface area (Å²) in [6.07, 6.45) is 2.59. The van der Waals surface area contributed by atoms with Crippen molar-refractivity contribution < 1.29 is 18.7 Å².